The van der Waals surface area contributed by atoms with Crippen molar-refractivity contribution in [2.45, 2.75) is 238 Å². The quantitative estimate of drug-likeness (QED) is 0.121. The van der Waals surface area contributed by atoms with Crippen LogP contribution >= 0.6 is 0 Å². The molecule has 7 aromatic carbocycles. The first kappa shape index (κ1) is 82.8. The molecule has 0 N–H and O–H groups in total. The summed E-state index contributed by atoms with van der Waals surface area (Å²) >= 11 is 0. The average Bonchev–Trinajstić information content (AvgIpc) is 2.67. The second-order valence-electron chi connectivity index (χ2n) is 27.5. The molecule has 86 heavy (non-hydrogen) atoms. The minimum Gasteiger partial charge on any atom is -0.497 e. The predicted molar refractivity (Wildman–Crippen MR) is 395 cm³/mol. The number of ether oxygens (including phenoxy) is 1. The Labute approximate surface area is 536 Å². The molecule has 0 spiro atoms. The van der Waals surface area contributed by atoms with Crippen LogP contribution in [-0.2, 0) is 10.8 Å². The molecule has 0 aliphatic carbocycles. The Morgan fingerprint density at radius 3 is 0.919 bits per heavy atom. The molecule has 0 fully saturated rings. The summed E-state index contributed by atoms with van der Waals surface area (Å²) in [4.78, 5) is 0.902. The molecule has 0 amide bonds. The highest BCUT2D eigenvalue weighted by atomic mass is 32.2. The molecule has 0 saturated carbocycles. The molecular weight excluding hydrogens is 1080 g/mol. The van der Waals surface area contributed by atoms with E-state index >= 15 is 0 Å². The van der Waals surface area contributed by atoms with Gasteiger partial charge in [-0.05, 0) is 134 Å². The van der Waals surface area contributed by atoms with Gasteiger partial charge in [-0.25, -0.2) is 0 Å². The lowest BCUT2D eigenvalue weighted by Crippen LogP contribution is -2.49. The van der Waals surface area contributed by atoms with Crippen LogP contribution in [0, 0.1) is 24.7 Å². The van der Waals surface area contributed by atoms with Gasteiger partial charge in [0.2, 0.25) is 0 Å². The number of aryl methyl sites for hydroxylation is 1. The summed E-state index contributed by atoms with van der Waals surface area (Å²) in [5.41, 5.74) is 12.2. The van der Waals surface area contributed by atoms with Crippen LogP contribution in [0.25, 0.3) is 11.1 Å². The molecule has 0 aromatic heterocycles. The molecule has 0 radical (unpaired) electrons. The Bertz CT molecular complexity index is 2700. The molecule has 0 bridgehead atoms. The summed E-state index contributed by atoms with van der Waals surface area (Å²) < 4.78 is 16.1. The van der Waals surface area contributed by atoms with Crippen molar-refractivity contribution in [3.63, 3.8) is 0 Å². The van der Waals surface area contributed by atoms with Gasteiger partial charge in [0, 0.05) is 22.0 Å². The number of benzene rings is 7. The van der Waals surface area contributed by atoms with Gasteiger partial charge in [-0.3, -0.25) is 4.21 Å². The van der Waals surface area contributed by atoms with Crippen molar-refractivity contribution in [1.82, 2.24) is 0 Å². The van der Waals surface area contributed by atoms with Crippen molar-refractivity contribution < 1.29 is 8.95 Å². The maximum atomic E-state index is 11.0. The van der Waals surface area contributed by atoms with Crippen molar-refractivity contribution >= 4 is 24.1 Å². The summed E-state index contributed by atoms with van der Waals surface area (Å²) in [5, 5.41) is 2.00. The second kappa shape index (κ2) is 45.0. The molecule has 0 heterocycles. The van der Waals surface area contributed by atoms with Crippen molar-refractivity contribution in [1.29, 1.82) is 0 Å². The summed E-state index contributed by atoms with van der Waals surface area (Å²) in [6, 6.07) is 64.0. The molecule has 1 atom stereocenters. The lowest BCUT2D eigenvalue weighted by atomic mass is 9.99. The highest BCUT2D eigenvalue weighted by molar-refractivity contribution is 7.84. The largest absolute Gasteiger partial charge is 0.497 e. The Morgan fingerprint density at radius 2 is 0.651 bits per heavy atom. The van der Waals surface area contributed by atoms with E-state index in [2.05, 4.69) is 320 Å². The third kappa shape index (κ3) is 36.8. The second-order valence-corrected chi connectivity index (χ2v) is 34.2. The molecule has 478 valence electrons. The van der Waals surface area contributed by atoms with Gasteiger partial charge in [0.1, 0.15) is 5.75 Å². The maximum absolute atomic E-state index is 11.0. The van der Waals surface area contributed by atoms with E-state index in [4.69, 9.17) is 4.74 Å². The molecule has 7 rings (SSSR count). The highest BCUT2D eigenvalue weighted by Gasteiger charge is 2.36. The fourth-order valence-electron chi connectivity index (χ4n) is 7.23. The summed E-state index contributed by atoms with van der Waals surface area (Å²) in [7, 11) is -0.504. The third-order valence-corrected chi connectivity index (χ3v) is 21.5. The first-order chi connectivity index (χ1) is 40.1. The molecule has 2 nitrogen and oxygen atoms in total. The maximum Gasteiger partial charge on any atom is 0.118 e. The minimum atomic E-state index is -1.34. The fourth-order valence-corrected chi connectivity index (χ4v) is 9.62. The van der Waals surface area contributed by atoms with Gasteiger partial charge in [-0.15, -0.1) is 0 Å². The van der Waals surface area contributed by atoms with E-state index in [0.717, 1.165) is 28.4 Å². The SMILES string of the molecule is CC(C)C.CC(C)C(C)C.CC(C)c1ccc(-c2ccccc2)cc1.CC(C)c1ccc(S(C)=O)cc1.CC(C)c1ccc([Si](C)(C)C(C)(C)C)cc1.CC(C)c1ccccc1.CCC.COc1ccc(C(C)C)cc1.Cc1ccc(C(C)C)cc1. The lowest BCUT2D eigenvalue weighted by molar-refractivity contribution is 0.414. The Kier molecular flexibility index (Phi) is 43.3. The monoisotopic (exact) mass is 1200 g/mol. The van der Waals surface area contributed by atoms with E-state index in [0.29, 0.717) is 40.5 Å². The average molecular weight is 1210 g/mol. The van der Waals surface area contributed by atoms with Gasteiger partial charge < -0.3 is 4.74 Å². The standard InChI is InChI=1S/C15H26Si.C15H16.C10H14OS.C10H14O.C10H14.C9H12.C6H14.C4H10.C3H8/c1-12(2)13-8-10-14(11-9-13)16(6,7)15(3,4)5;1-12(2)13-8-10-15(11-9-13)14-6-4-3-5-7-14;1-8(2)9-4-6-10(7-5-9)12(3)11;1-8(2)9-4-6-10(11-3)7-5-9;1-8(2)10-6-4-9(3)5-7-10;1-8(2)9-6-4-3-5-7-9;1-5(2)6(3)4;1-4(2)3;1-3-2/h8-12H,1-7H3;3-12H,1-2H3;4-8H,1-3H3;4-8H,1-3H3;4-8H,1-3H3;3-8H,1-2H3;5-6H,1-4H3;4H,1-3H3;3H2,1-2H3. The number of methoxy groups -OCH3 is 1. The van der Waals surface area contributed by atoms with Crippen LogP contribution in [0.3, 0.4) is 0 Å². The highest BCUT2D eigenvalue weighted by Crippen LogP contribution is 2.35. The van der Waals surface area contributed by atoms with Gasteiger partial charge in [0.05, 0.1) is 15.2 Å². The van der Waals surface area contributed by atoms with E-state index in [9.17, 15) is 4.21 Å². The van der Waals surface area contributed by atoms with Crippen LogP contribution in [-0.4, -0.2) is 25.6 Å². The van der Waals surface area contributed by atoms with Crippen LogP contribution < -0.4 is 9.92 Å². The van der Waals surface area contributed by atoms with E-state index < -0.39 is 18.9 Å². The van der Waals surface area contributed by atoms with E-state index in [-0.39, 0.29) is 0 Å². The molecule has 0 aliphatic rings. The fraction of sp³-hybridized carbons (Fsp3) is 0.488. The normalized spacial score (nSPS) is 11.1. The topological polar surface area (TPSA) is 26.3 Å². The van der Waals surface area contributed by atoms with Gasteiger partial charge in [0.15, 0.2) is 0 Å². The van der Waals surface area contributed by atoms with Gasteiger partial charge in [-0.1, -0.05) is 354 Å². The zero-order chi connectivity index (χ0) is 66.3. The van der Waals surface area contributed by atoms with Crippen LogP contribution in [0.15, 0.2) is 187 Å². The van der Waals surface area contributed by atoms with Crippen LogP contribution in [0.2, 0.25) is 18.1 Å². The first-order valence-electron chi connectivity index (χ1n) is 32.5. The smallest absolute Gasteiger partial charge is 0.118 e. The molecule has 7 aromatic rings. The summed E-state index contributed by atoms with van der Waals surface area (Å²) in [5.74, 6) is 7.16. The lowest BCUT2D eigenvalue weighted by Gasteiger charge is -2.37. The summed E-state index contributed by atoms with van der Waals surface area (Å²) in [6.45, 7) is 60.3. The predicted octanol–water partition coefficient (Wildman–Crippen LogP) is 25.7. The molecular formula is C82H128O2SSi. The van der Waals surface area contributed by atoms with Crippen molar-refractivity contribution in [3.8, 4) is 16.9 Å². The Morgan fingerprint density at radius 1 is 0.395 bits per heavy atom. The van der Waals surface area contributed by atoms with E-state index in [1.54, 1.807) is 18.6 Å². The minimum absolute atomic E-state index is 0.423. The Balaban J connectivity index is 0. The van der Waals surface area contributed by atoms with Crippen LogP contribution in [0.1, 0.15) is 247 Å². The van der Waals surface area contributed by atoms with Crippen molar-refractivity contribution in [2.75, 3.05) is 13.4 Å². The van der Waals surface area contributed by atoms with E-state index in [1.165, 1.54) is 56.5 Å². The number of rotatable bonds is 11. The van der Waals surface area contributed by atoms with Crippen LogP contribution in [0.4, 0.5) is 0 Å². The van der Waals surface area contributed by atoms with E-state index in [1.807, 2.05) is 48.5 Å². The number of hydrogen-bond acceptors (Lipinski definition) is 2. The molecule has 1 unspecified atom stereocenters. The van der Waals surface area contributed by atoms with Gasteiger partial charge >= 0.3 is 0 Å². The summed E-state index contributed by atoms with van der Waals surface area (Å²) in [6.07, 6.45) is 2.95. The Hall–Kier alpha value is -5.29. The van der Waals surface area contributed by atoms with Crippen molar-refractivity contribution in [2.24, 2.45) is 17.8 Å². The van der Waals surface area contributed by atoms with Crippen LogP contribution in [0.5, 0.6) is 5.75 Å². The van der Waals surface area contributed by atoms with Gasteiger partial charge in [-0.2, -0.15) is 0 Å². The van der Waals surface area contributed by atoms with Gasteiger partial charge in [0.25, 0.3) is 0 Å². The number of hydrogen-bond donors (Lipinski definition) is 0. The first-order valence-corrected chi connectivity index (χ1v) is 37.1. The van der Waals surface area contributed by atoms with Crippen molar-refractivity contribution in [3.05, 3.63) is 221 Å². The third-order valence-electron chi connectivity index (χ3n) is 15.1. The zero-order valence-electron chi connectivity index (χ0n) is 60.4. The molecule has 4 heteroatoms. The zero-order valence-corrected chi connectivity index (χ0v) is 62.3. The molecule has 0 aliphatic heterocycles. The molecule has 0 saturated heterocycles.